The van der Waals surface area contributed by atoms with Crippen LogP contribution >= 0.6 is 24.0 Å². The highest BCUT2D eigenvalue weighted by molar-refractivity contribution is 14.0. The van der Waals surface area contributed by atoms with Crippen LogP contribution in [-0.4, -0.2) is 79.6 Å². The quantitative estimate of drug-likeness (QED) is 0.382. The van der Waals surface area contributed by atoms with E-state index in [-0.39, 0.29) is 24.0 Å². The number of furan rings is 1. The van der Waals surface area contributed by atoms with Crippen molar-refractivity contribution in [1.29, 1.82) is 0 Å². The normalized spacial score (nSPS) is 25.7. The molecule has 0 radical (unpaired) electrons. The van der Waals surface area contributed by atoms with Crippen LogP contribution in [0.4, 0.5) is 0 Å². The fourth-order valence-electron chi connectivity index (χ4n) is 4.98. The van der Waals surface area contributed by atoms with Crippen LogP contribution in [0, 0.1) is 0 Å². The van der Waals surface area contributed by atoms with E-state index < -0.39 is 0 Å². The van der Waals surface area contributed by atoms with Crippen LogP contribution in [0.2, 0.25) is 0 Å². The fourth-order valence-corrected chi connectivity index (χ4v) is 4.98. The minimum atomic E-state index is 0. The van der Waals surface area contributed by atoms with Crippen molar-refractivity contribution in [3.63, 3.8) is 0 Å². The Kier molecular flexibility index (Phi) is 8.47. The van der Waals surface area contributed by atoms with Crippen molar-refractivity contribution in [2.45, 2.75) is 50.6 Å². The van der Waals surface area contributed by atoms with E-state index >= 15 is 0 Å². The number of nitrogens with zero attached hydrogens (tertiary/aromatic N) is 4. The lowest BCUT2D eigenvalue weighted by Crippen LogP contribution is -2.46. The van der Waals surface area contributed by atoms with E-state index in [0.29, 0.717) is 12.1 Å². The first-order valence-corrected chi connectivity index (χ1v) is 10.8. The molecule has 3 fully saturated rings. The van der Waals surface area contributed by atoms with E-state index in [2.05, 4.69) is 31.1 Å². The number of hydrogen-bond acceptors (Lipinski definition) is 4. The maximum Gasteiger partial charge on any atom is 0.193 e. The lowest BCUT2D eigenvalue weighted by atomic mass is 10.1. The zero-order valence-corrected chi connectivity index (χ0v) is 19.5. The second-order valence-corrected chi connectivity index (χ2v) is 8.19. The Morgan fingerprint density at radius 1 is 1.14 bits per heavy atom. The van der Waals surface area contributed by atoms with Crippen LogP contribution in [0.25, 0.3) is 0 Å². The number of halogens is 1. The van der Waals surface area contributed by atoms with Crippen LogP contribution in [0.5, 0.6) is 0 Å². The van der Waals surface area contributed by atoms with E-state index in [1.54, 1.807) is 6.26 Å². The van der Waals surface area contributed by atoms with Crippen molar-refractivity contribution >= 4 is 29.9 Å². The van der Waals surface area contributed by atoms with Crippen LogP contribution < -0.4 is 5.32 Å². The van der Waals surface area contributed by atoms with Crippen molar-refractivity contribution in [2.75, 3.05) is 52.9 Å². The molecular weight excluding hydrogens is 465 g/mol. The van der Waals surface area contributed by atoms with E-state index in [1.807, 2.05) is 13.1 Å². The van der Waals surface area contributed by atoms with Gasteiger partial charge in [0.2, 0.25) is 0 Å². The minimum absolute atomic E-state index is 0. The molecule has 6 nitrogen and oxygen atoms in total. The minimum Gasteiger partial charge on any atom is -0.468 e. The van der Waals surface area contributed by atoms with Crippen molar-refractivity contribution in [3.05, 3.63) is 24.2 Å². The number of rotatable bonds is 5. The lowest BCUT2D eigenvalue weighted by Gasteiger charge is -2.32. The van der Waals surface area contributed by atoms with Crippen LogP contribution in [0.3, 0.4) is 0 Å². The summed E-state index contributed by atoms with van der Waals surface area (Å²) in [6.07, 6.45) is 9.76. The molecule has 3 saturated heterocycles. The van der Waals surface area contributed by atoms with Gasteiger partial charge in [-0.1, -0.05) is 6.42 Å². The second kappa shape index (κ2) is 10.8. The van der Waals surface area contributed by atoms with Gasteiger partial charge in [-0.2, -0.15) is 0 Å². The van der Waals surface area contributed by atoms with Gasteiger partial charge in [-0.05, 0) is 70.4 Å². The molecule has 0 saturated carbocycles. The van der Waals surface area contributed by atoms with Gasteiger partial charge in [0.15, 0.2) is 5.96 Å². The number of aliphatic imine (C=N–C) groups is 1. The summed E-state index contributed by atoms with van der Waals surface area (Å²) in [7, 11) is 1.91. The van der Waals surface area contributed by atoms with E-state index in [0.717, 1.165) is 44.4 Å². The zero-order valence-electron chi connectivity index (χ0n) is 17.2. The first-order chi connectivity index (χ1) is 13.3. The Labute approximate surface area is 186 Å². The Morgan fingerprint density at radius 2 is 1.89 bits per heavy atom. The molecule has 2 unspecified atom stereocenters. The van der Waals surface area contributed by atoms with Gasteiger partial charge < -0.3 is 14.6 Å². The summed E-state index contributed by atoms with van der Waals surface area (Å²) < 4.78 is 5.75. The monoisotopic (exact) mass is 501 g/mol. The fraction of sp³-hybridized carbons (Fsp3) is 0.762. The SMILES string of the molecule is CN=C(NCC(c1ccco1)N1CCCC1)N1CCC(N2CCCCC2)C1.I. The average molecular weight is 501 g/mol. The molecule has 1 aromatic rings. The molecule has 7 heteroatoms. The molecule has 0 spiro atoms. The summed E-state index contributed by atoms with van der Waals surface area (Å²) in [5.41, 5.74) is 0. The molecule has 3 aliphatic heterocycles. The third-order valence-corrected chi connectivity index (χ3v) is 6.49. The number of nitrogens with one attached hydrogen (secondary N) is 1. The molecule has 158 valence electrons. The maximum atomic E-state index is 5.75. The molecule has 0 amide bonds. The molecule has 0 aliphatic carbocycles. The molecule has 4 heterocycles. The number of likely N-dealkylation sites (tertiary alicyclic amines) is 3. The first-order valence-electron chi connectivity index (χ1n) is 10.8. The maximum absolute atomic E-state index is 5.75. The third kappa shape index (κ3) is 5.21. The Morgan fingerprint density at radius 3 is 2.57 bits per heavy atom. The molecule has 1 aromatic heterocycles. The summed E-state index contributed by atoms with van der Waals surface area (Å²) in [5.74, 6) is 2.11. The highest BCUT2D eigenvalue weighted by atomic mass is 127. The van der Waals surface area contributed by atoms with Crippen molar-refractivity contribution in [2.24, 2.45) is 4.99 Å². The molecule has 1 N–H and O–H groups in total. The van der Waals surface area contributed by atoms with Gasteiger partial charge in [0, 0.05) is 32.7 Å². The van der Waals surface area contributed by atoms with Crippen molar-refractivity contribution < 1.29 is 4.42 Å². The summed E-state index contributed by atoms with van der Waals surface area (Å²) in [5, 5.41) is 3.66. The molecule has 28 heavy (non-hydrogen) atoms. The molecule has 3 aliphatic rings. The van der Waals surface area contributed by atoms with E-state index in [1.165, 1.54) is 51.6 Å². The van der Waals surface area contributed by atoms with Crippen molar-refractivity contribution in [3.8, 4) is 0 Å². The van der Waals surface area contributed by atoms with Crippen LogP contribution in [-0.2, 0) is 0 Å². The Bertz CT molecular complexity index is 596. The summed E-state index contributed by atoms with van der Waals surface area (Å²) >= 11 is 0. The lowest BCUT2D eigenvalue weighted by molar-refractivity contribution is 0.168. The van der Waals surface area contributed by atoms with Gasteiger partial charge in [-0.3, -0.25) is 14.8 Å². The summed E-state index contributed by atoms with van der Waals surface area (Å²) in [6.45, 7) is 7.94. The zero-order chi connectivity index (χ0) is 18.5. The molecule has 0 bridgehead atoms. The predicted molar refractivity (Wildman–Crippen MR) is 124 cm³/mol. The topological polar surface area (TPSA) is 47.3 Å². The number of piperidine rings is 1. The molecule has 0 aromatic carbocycles. The number of hydrogen-bond donors (Lipinski definition) is 1. The van der Waals surface area contributed by atoms with Gasteiger partial charge in [0.25, 0.3) is 0 Å². The standard InChI is InChI=1S/C21H35N5O.HI/c1-22-21(26-14-9-18(17-26)24-10-3-2-4-11-24)23-16-19(20-8-7-15-27-20)25-12-5-6-13-25;/h7-8,15,18-19H,2-6,9-14,16-17H2,1H3,(H,22,23);1H. The van der Waals surface area contributed by atoms with E-state index in [4.69, 9.17) is 4.42 Å². The average Bonchev–Trinajstić information content (AvgIpc) is 3.49. The van der Waals surface area contributed by atoms with Gasteiger partial charge in [-0.25, -0.2) is 0 Å². The highest BCUT2D eigenvalue weighted by Gasteiger charge is 2.31. The Hall–Kier alpha value is -0.800. The van der Waals surface area contributed by atoms with Gasteiger partial charge in [0.1, 0.15) is 5.76 Å². The molecule has 2 atom stereocenters. The second-order valence-electron chi connectivity index (χ2n) is 8.19. The third-order valence-electron chi connectivity index (χ3n) is 6.49. The largest absolute Gasteiger partial charge is 0.468 e. The Balaban J connectivity index is 0.00000225. The molecular formula is C21H36IN5O. The highest BCUT2D eigenvalue weighted by Crippen LogP contribution is 2.25. The summed E-state index contributed by atoms with van der Waals surface area (Å²) in [4.78, 5) is 12.3. The number of guanidine groups is 1. The smallest absolute Gasteiger partial charge is 0.193 e. The predicted octanol–water partition coefficient (Wildman–Crippen LogP) is 3.17. The van der Waals surface area contributed by atoms with Gasteiger partial charge >= 0.3 is 0 Å². The van der Waals surface area contributed by atoms with E-state index in [9.17, 15) is 0 Å². The molecule has 4 rings (SSSR count). The van der Waals surface area contributed by atoms with Crippen LogP contribution in [0.15, 0.2) is 27.8 Å². The summed E-state index contributed by atoms with van der Waals surface area (Å²) in [6, 6.07) is 5.09. The van der Waals surface area contributed by atoms with Crippen molar-refractivity contribution in [1.82, 2.24) is 20.0 Å². The van der Waals surface area contributed by atoms with Gasteiger partial charge in [-0.15, -0.1) is 24.0 Å². The van der Waals surface area contributed by atoms with Gasteiger partial charge in [0.05, 0.1) is 12.3 Å². The first kappa shape index (κ1) is 21.9. The van der Waals surface area contributed by atoms with Crippen LogP contribution in [0.1, 0.15) is 50.3 Å².